The minimum atomic E-state index is 0.523. The molecule has 1 rings (SSSR count). The molecule has 0 heterocycles. The first-order valence-electron chi connectivity index (χ1n) is 5.66. The number of carbonyl (C=O) groups is 1. The van der Waals surface area contributed by atoms with Crippen molar-refractivity contribution in [1.82, 2.24) is 10.6 Å². The summed E-state index contributed by atoms with van der Waals surface area (Å²) in [7, 11) is 3.94. The Morgan fingerprint density at radius 3 is 2.24 bits per heavy atom. The first-order valence-corrected chi connectivity index (χ1v) is 6.04. The fourth-order valence-corrected chi connectivity index (χ4v) is 1.45. The molecule has 0 atom stereocenters. The molecule has 0 aliphatic heterocycles. The minimum Gasteiger partial charge on any atom is -0.320 e. The van der Waals surface area contributed by atoms with Crippen molar-refractivity contribution in [2.24, 2.45) is 0 Å². The first-order chi connectivity index (χ1) is 8.15. The molecule has 0 aromatic heterocycles. The molecule has 3 nitrogen and oxygen atoms in total. The molecular formula is C13H21ClN2O. The summed E-state index contributed by atoms with van der Waals surface area (Å²) in [4.78, 5) is 10.3. The lowest BCUT2D eigenvalue weighted by atomic mass is 10.2. The molecular weight excluding hydrogens is 236 g/mol. The highest BCUT2D eigenvalue weighted by Crippen LogP contribution is 2.14. The van der Waals surface area contributed by atoms with E-state index in [2.05, 4.69) is 10.6 Å². The maximum atomic E-state index is 10.3. The van der Waals surface area contributed by atoms with Crippen molar-refractivity contribution >= 4 is 17.9 Å². The normalized spacial score (nSPS) is 9.41. The second-order valence-corrected chi connectivity index (χ2v) is 4.11. The van der Waals surface area contributed by atoms with Crippen LogP contribution in [0, 0.1) is 6.92 Å². The molecule has 2 N–H and O–H groups in total. The highest BCUT2D eigenvalue weighted by molar-refractivity contribution is 6.33. The highest BCUT2D eigenvalue weighted by atomic mass is 35.5. The molecule has 0 unspecified atom stereocenters. The number of halogens is 1. The standard InChI is InChI=1S/C8H7ClO.C5H14N2/c1-6-2-3-7(5-10)8(9)4-6;1-6-4-3-5-7-2/h2-5H,1H3;6-7H,3-5H2,1-2H3. The first kappa shape index (κ1) is 16.1. The average Bonchev–Trinajstić information content (AvgIpc) is 2.31. The number of benzene rings is 1. The van der Waals surface area contributed by atoms with E-state index in [1.54, 1.807) is 12.1 Å². The lowest BCUT2D eigenvalue weighted by Gasteiger charge is -1.95. The molecule has 0 fully saturated rings. The van der Waals surface area contributed by atoms with E-state index in [4.69, 9.17) is 11.6 Å². The smallest absolute Gasteiger partial charge is 0.151 e. The van der Waals surface area contributed by atoms with Crippen molar-refractivity contribution in [3.05, 3.63) is 34.3 Å². The number of hydrogen-bond acceptors (Lipinski definition) is 3. The molecule has 0 radical (unpaired) electrons. The molecule has 0 bridgehead atoms. The maximum Gasteiger partial charge on any atom is 0.151 e. The van der Waals surface area contributed by atoms with E-state index < -0.39 is 0 Å². The molecule has 0 saturated heterocycles. The zero-order valence-electron chi connectivity index (χ0n) is 10.7. The molecule has 0 saturated carbocycles. The quantitative estimate of drug-likeness (QED) is 0.627. The monoisotopic (exact) mass is 256 g/mol. The zero-order valence-corrected chi connectivity index (χ0v) is 11.5. The largest absolute Gasteiger partial charge is 0.320 e. The maximum absolute atomic E-state index is 10.3. The predicted octanol–water partition coefficient (Wildman–Crippen LogP) is 2.28. The Morgan fingerprint density at radius 2 is 1.82 bits per heavy atom. The van der Waals surface area contributed by atoms with Crippen LogP contribution >= 0.6 is 11.6 Å². The van der Waals surface area contributed by atoms with Gasteiger partial charge in [0.1, 0.15) is 0 Å². The van der Waals surface area contributed by atoms with Gasteiger partial charge in [0.2, 0.25) is 0 Å². The van der Waals surface area contributed by atoms with Gasteiger partial charge < -0.3 is 10.6 Å². The lowest BCUT2D eigenvalue weighted by Crippen LogP contribution is -2.15. The average molecular weight is 257 g/mol. The van der Waals surface area contributed by atoms with Gasteiger partial charge in [0.25, 0.3) is 0 Å². The predicted molar refractivity (Wildman–Crippen MR) is 74.0 cm³/mol. The van der Waals surface area contributed by atoms with Crippen LogP contribution in [0.3, 0.4) is 0 Å². The summed E-state index contributed by atoms with van der Waals surface area (Å²) < 4.78 is 0. The molecule has 1 aromatic carbocycles. The molecule has 0 aliphatic carbocycles. The van der Waals surface area contributed by atoms with E-state index >= 15 is 0 Å². The van der Waals surface area contributed by atoms with E-state index in [0.29, 0.717) is 10.6 Å². The van der Waals surface area contributed by atoms with Gasteiger partial charge in [0.05, 0.1) is 5.02 Å². The number of carbonyl (C=O) groups excluding carboxylic acids is 1. The number of aldehydes is 1. The van der Waals surface area contributed by atoms with E-state index in [-0.39, 0.29) is 0 Å². The van der Waals surface area contributed by atoms with Crippen LogP contribution in [0.5, 0.6) is 0 Å². The highest BCUT2D eigenvalue weighted by Gasteiger charge is 1.96. The second kappa shape index (κ2) is 10.3. The van der Waals surface area contributed by atoms with Gasteiger partial charge >= 0.3 is 0 Å². The van der Waals surface area contributed by atoms with Gasteiger partial charge in [0.15, 0.2) is 6.29 Å². The van der Waals surface area contributed by atoms with Gasteiger partial charge in [-0.1, -0.05) is 17.7 Å². The molecule has 17 heavy (non-hydrogen) atoms. The van der Waals surface area contributed by atoms with Crippen molar-refractivity contribution in [2.45, 2.75) is 13.3 Å². The van der Waals surface area contributed by atoms with Crippen molar-refractivity contribution < 1.29 is 4.79 Å². The van der Waals surface area contributed by atoms with Crippen LogP contribution in [0.15, 0.2) is 18.2 Å². The fourth-order valence-electron chi connectivity index (χ4n) is 1.17. The van der Waals surface area contributed by atoms with Gasteiger partial charge in [-0.05, 0) is 58.2 Å². The van der Waals surface area contributed by atoms with Crippen LogP contribution in [0.2, 0.25) is 5.02 Å². The minimum absolute atomic E-state index is 0.523. The molecule has 96 valence electrons. The summed E-state index contributed by atoms with van der Waals surface area (Å²) in [6, 6.07) is 5.34. The third kappa shape index (κ3) is 7.91. The Morgan fingerprint density at radius 1 is 1.24 bits per heavy atom. The Kier molecular flexibility index (Phi) is 9.72. The van der Waals surface area contributed by atoms with Crippen LogP contribution < -0.4 is 10.6 Å². The number of rotatable bonds is 5. The SMILES string of the molecule is CNCCCNC.Cc1ccc(C=O)c(Cl)c1. The lowest BCUT2D eigenvalue weighted by molar-refractivity contribution is 0.112. The zero-order chi connectivity index (χ0) is 13.1. The van der Waals surface area contributed by atoms with Crippen LogP contribution in [0.25, 0.3) is 0 Å². The molecule has 0 spiro atoms. The summed E-state index contributed by atoms with van der Waals surface area (Å²) in [5, 5.41) is 6.65. The van der Waals surface area contributed by atoms with E-state index in [9.17, 15) is 4.79 Å². The van der Waals surface area contributed by atoms with Crippen molar-refractivity contribution in [1.29, 1.82) is 0 Å². The van der Waals surface area contributed by atoms with Crippen molar-refractivity contribution in [3.63, 3.8) is 0 Å². The molecule has 0 aliphatic rings. The topological polar surface area (TPSA) is 41.1 Å². The Labute approximate surface area is 109 Å². The summed E-state index contributed by atoms with van der Waals surface area (Å²) >= 11 is 5.70. The van der Waals surface area contributed by atoms with E-state index in [1.807, 2.05) is 27.1 Å². The van der Waals surface area contributed by atoms with Crippen LogP contribution in [0.1, 0.15) is 22.3 Å². The molecule has 0 amide bonds. The Balaban J connectivity index is 0.000000325. The van der Waals surface area contributed by atoms with E-state index in [1.165, 1.54) is 6.42 Å². The Hall–Kier alpha value is -0.900. The third-order valence-corrected chi connectivity index (χ3v) is 2.46. The molecule has 1 aromatic rings. The number of nitrogens with one attached hydrogen (secondary N) is 2. The summed E-state index contributed by atoms with van der Waals surface area (Å²) in [5.74, 6) is 0. The van der Waals surface area contributed by atoms with Gasteiger partial charge in [-0.15, -0.1) is 0 Å². The summed E-state index contributed by atoms with van der Waals surface area (Å²) in [6.07, 6.45) is 1.97. The fraction of sp³-hybridized carbons (Fsp3) is 0.462. The van der Waals surface area contributed by atoms with Crippen LogP contribution in [-0.4, -0.2) is 33.5 Å². The molecule has 4 heteroatoms. The van der Waals surface area contributed by atoms with Gasteiger partial charge in [-0.3, -0.25) is 4.79 Å². The van der Waals surface area contributed by atoms with Crippen LogP contribution in [0.4, 0.5) is 0 Å². The number of aryl methyl sites for hydroxylation is 1. The van der Waals surface area contributed by atoms with Gasteiger partial charge in [-0.2, -0.15) is 0 Å². The Bertz CT molecular complexity index is 325. The second-order valence-electron chi connectivity index (χ2n) is 3.70. The van der Waals surface area contributed by atoms with Gasteiger partial charge in [-0.25, -0.2) is 0 Å². The third-order valence-electron chi connectivity index (χ3n) is 2.14. The van der Waals surface area contributed by atoms with Crippen molar-refractivity contribution in [2.75, 3.05) is 27.2 Å². The van der Waals surface area contributed by atoms with Crippen molar-refractivity contribution in [3.8, 4) is 0 Å². The van der Waals surface area contributed by atoms with E-state index in [0.717, 1.165) is 24.9 Å². The number of hydrogen-bond donors (Lipinski definition) is 2. The summed E-state index contributed by atoms with van der Waals surface area (Å²) in [5.41, 5.74) is 1.61. The van der Waals surface area contributed by atoms with Crippen LogP contribution in [-0.2, 0) is 0 Å². The summed E-state index contributed by atoms with van der Waals surface area (Å²) in [6.45, 7) is 4.15. The van der Waals surface area contributed by atoms with Gasteiger partial charge in [0, 0.05) is 5.56 Å².